The van der Waals surface area contributed by atoms with Crippen LogP contribution < -0.4 is 16.1 Å². The van der Waals surface area contributed by atoms with E-state index in [4.69, 9.17) is 5.10 Å². The van der Waals surface area contributed by atoms with E-state index in [0.29, 0.717) is 16.9 Å². The van der Waals surface area contributed by atoms with E-state index in [0.717, 1.165) is 15.7 Å². The molecular weight excluding hydrogens is 584 g/mol. The van der Waals surface area contributed by atoms with Gasteiger partial charge in [0.25, 0.3) is 5.91 Å². The molecular formula is C31H23BrN6O3. The molecule has 3 N–H and O–H groups in total. The van der Waals surface area contributed by atoms with Crippen LogP contribution in [0.15, 0.2) is 125 Å². The van der Waals surface area contributed by atoms with Gasteiger partial charge in [0.2, 0.25) is 0 Å². The number of rotatable bonds is 7. The summed E-state index contributed by atoms with van der Waals surface area (Å²) in [7, 11) is 0. The summed E-state index contributed by atoms with van der Waals surface area (Å²) in [6.45, 7) is 0. The molecule has 0 aliphatic rings. The SMILES string of the molecule is O=C(N/N=C\c1cn(-c2ccccc2)nc1-c1ccccc1)C(=O)Nc1ccccc1C(=O)Nc1ccc(Br)cc1. The maximum absolute atomic E-state index is 12.8. The third-order valence-electron chi connectivity index (χ3n) is 5.91. The molecule has 0 spiro atoms. The van der Waals surface area contributed by atoms with E-state index in [1.54, 1.807) is 53.3 Å². The second-order valence-electron chi connectivity index (χ2n) is 8.74. The van der Waals surface area contributed by atoms with Gasteiger partial charge >= 0.3 is 11.8 Å². The Hall–Kier alpha value is -5.35. The second kappa shape index (κ2) is 12.7. The van der Waals surface area contributed by atoms with Crippen molar-refractivity contribution in [2.75, 3.05) is 10.6 Å². The van der Waals surface area contributed by atoms with E-state index < -0.39 is 17.7 Å². The molecule has 5 rings (SSSR count). The summed E-state index contributed by atoms with van der Waals surface area (Å²) in [6, 6.07) is 32.6. The normalized spacial score (nSPS) is 10.8. The lowest BCUT2D eigenvalue weighted by Crippen LogP contribution is -2.33. The van der Waals surface area contributed by atoms with E-state index in [1.807, 2.05) is 60.7 Å². The Bertz CT molecular complexity index is 1720. The Balaban J connectivity index is 1.28. The van der Waals surface area contributed by atoms with Gasteiger partial charge in [-0.15, -0.1) is 0 Å². The van der Waals surface area contributed by atoms with Crippen LogP contribution in [0.5, 0.6) is 0 Å². The molecule has 0 aliphatic heterocycles. The first kappa shape index (κ1) is 27.2. The molecule has 0 fully saturated rings. The fourth-order valence-electron chi connectivity index (χ4n) is 3.93. The topological polar surface area (TPSA) is 117 Å². The molecule has 0 saturated heterocycles. The smallest absolute Gasteiger partial charge is 0.322 e. The number of carbonyl (C=O) groups is 3. The molecule has 5 aromatic rings. The van der Waals surface area contributed by atoms with Crippen molar-refractivity contribution in [1.82, 2.24) is 15.2 Å². The Morgan fingerprint density at radius 3 is 2.15 bits per heavy atom. The summed E-state index contributed by atoms with van der Waals surface area (Å²) in [5, 5.41) is 13.9. The number of halogens is 1. The summed E-state index contributed by atoms with van der Waals surface area (Å²) in [5.41, 5.74) is 6.22. The summed E-state index contributed by atoms with van der Waals surface area (Å²) in [4.78, 5) is 38.1. The van der Waals surface area contributed by atoms with Gasteiger partial charge < -0.3 is 10.6 Å². The van der Waals surface area contributed by atoms with Crippen LogP contribution in [0, 0.1) is 0 Å². The summed E-state index contributed by atoms with van der Waals surface area (Å²) in [6.07, 6.45) is 3.22. The minimum Gasteiger partial charge on any atom is -0.322 e. The highest BCUT2D eigenvalue weighted by molar-refractivity contribution is 9.10. The van der Waals surface area contributed by atoms with Crippen LogP contribution in [-0.4, -0.2) is 33.7 Å². The first-order chi connectivity index (χ1) is 20.0. The third kappa shape index (κ3) is 6.81. The largest absolute Gasteiger partial charge is 0.329 e. The van der Waals surface area contributed by atoms with Gasteiger partial charge in [0.1, 0.15) is 5.69 Å². The lowest BCUT2D eigenvalue weighted by molar-refractivity contribution is -0.136. The van der Waals surface area contributed by atoms with E-state index in [2.05, 4.69) is 37.1 Å². The van der Waals surface area contributed by atoms with Gasteiger partial charge in [-0.05, 0) is 48.5 Å². The van der Waals surface area contributed by atoms with Crippen molar-refractivity contribution in [3.63, 3.8) is 0 Å². The quantitative estimate of drug-likeness (QED) is 0.126. The summed E-state index contributed by atoms with van der Waals surface area (Å²) in [5.74, 6) is -2.42. The van der Waals surface area contributed by atoms with Crippen molar-refractivity contribution in [1.29, 1.82) is 0 Å². The number of para-hydroxylation sites is 2. The van der Waals surface area contributed by atoms with Crippen LogP contribution in [-0.2, 0) is 9.59 Å². The fraction of sp³-hybridized carbons (Fsp3) is 0. The van der Waals surface area contributed by atoms with E-state index in [-0.39, 0.29) is 11.3 Å². The van der Waals surface area contributed by atoms with E-state index >= 15 is 0 Å². The molecule has 1 aromatic heterocycles. The summed E-state index contributed by atoms with van der Waals surface area (Å²) < 4.78 is 2.59. The maximum atomic E-state index is 12.8. The molecule has 0 aliphatic carbocycles. The van der Waals surface area contributed by atoms with E-state index in [1.165, 1.54) is 12.3 Å². The number of hydrogen-bond donors (Lipinski definition) is 3. The van der Waals surface area contributed by atoms with Gasteiger partial charge in [-0.2, -0.15) is 10.2 Å². The maximum Gasteiger partial charge on any atom is 0.329 e. The molecule has 3 amide bonds. The zero-order valence-corrected chi connectivity index (χ0v) is 23.1. The molecule has 0 saturated carbocycles. The first-order valence-electron chi connectivity index (χ1n) is 12.5. The Labute approximate surface area is 244 Å². The number of aromatic nitrogens is 2. The van der Waals surface area contributed by atoms with Gasteiger partial charge in [0.15, 0.2) is 0 Å². The highest BCUT2D eigenvalue weighted by Gasteiger charge is 2.18. The Morgan fingerprint density at radius 2 is 1.41 bits per heavy atom. The Kier molecular flexibility index (Phi) is 8.41. The lowest BCUT2D eigenvalue weighted by atomic mass is 10.1. The van der Waals surface area contributed by atoms with Gasteiger partial charge in [-0.1, -0.05) is 76.6 Å². The highest BCUT2D eigenvalue weighted by atomic mass is 79.9. The van der Waals surface area contributed by atoms with Crippen molar-refractivity contribution in [3.8, 4) is 16.9 Å². The number of amides is 3. The molecule has 0 unspecified atom stereocenters. The summed E-state index contributed by atoms with van der Waals surface area (Å²) >= 11 is 3.35. The van der Waals surface area contributed by atoms with Gasteiger partial charge in [0, 0.05) is 27.5 Å². The van der Waals surface area contributed by atoms with Crippen molar-refractivity contribution >= 4 is 51.2 Å². The first-order valence-corrected chi connectivity index (χ1v) is 13.3. The monoisotopic (exact) mass is 606 g/mol. The number of nitrogens with zero attached hydrogens (tertiary/aromatic N) is 3. The minimum absolute atomic E-state index is 0.182. The predicted octanol–water partition coefficient (Wildman–Crippen LogP) is 5.64. The van der Waals surface area contributed by atoms with Gasteiger partial charge in [-0.25, -0.2) is 10.1 Å². The molecule has 4 aromatic carbocycles. The number of benzene rings is 4. The van der Waals surface area contributed by atoms with Crippen molar-refractivity contribution in [2.45, 2.75) is 0 Å². The van der Waals surface area contributed by atoms with Crippen molar-refractivity contribution in [3.05, 3.63) is 131 Å². The number of carbonyl (C=O) groups excluding carboxylic acids is 3. The average Bonchev–Trinajstić information content (AvgIpc) is 3.43. The predicted molar refractivity (Wildman–Crippen MR) is 162 cm³/mol. The van der Waals surface area contributed by atoms with Crippen LogP contribution in [0.4, 0.5) is 11.4 Å². The standard InChI is InChI=1S/C31H23BrN6O3/c32-23-15-17-24(18-16-23)34-29(39)26-13-7-8-14-27(26)35-30(40)31(41)36-33-19-22-20-38(25-11-5-2-6-12-25)37-28(22)21-9-3-1-4-10-21/h1-20H,(H,34,39)(H,35,40)(H,36,41)/b33-19-. The molecule has 0 bridgehead atoms. The molecule has 10 heteroatoms. The lowest BCUT2D eigenvalue weighted by Gasteiger charge is -2.11. The molecule has 9 nitrogen and oxygen atoms in total. The molecule has 41 heavy (non-hydrogen) atoms. The van der Waals surface area contributed by atoms with Crippen LogP contribution in [0.2, 0.25) is 0 Å². The fourth-order valence-corrected chi connectivity index (χ4v) is 4.19. The van der Waals surface area contributed by atoms with Crippen molar-refractivity contribution < 1.29 is 14.4 Å². The third-order valence-corrected chi connectivity index (χ3v) is 6.44. The number of hydrazone groups is 1. The minimum atomic E-state index is -0.999. The van der Waals surface area contributed by atoms with Crippen LogP contribution >= 0.6 is 15.9 Å². The molecule has 1 heterocycles. The van der Waals surface area contributed by atoms with Crippen LogP contribution in [0.25, 0.3) is 16.9 Å². The zero-order chi connectivity index (χ0) is 28.6. The number of anilines is 2. The van der Waals surface area contributed by atoms with Crippen molar-refractivity contribution in [2.24, 2.45) is 5.10 Å². The van der Waals surface area contributed by atoms with Crippen LogP contribution in [0.3, 0.4) is 0 Å². The number of hydrogen-bond acceptors (Lipinski definition) is 5. The average molecular weight is 607 g/mol. The highest BCUT2D eigenvalue weighted by Crippen LogP contribution is 2.23. The number of nitrogens with one attached hydrogen (secondary N) is 3. The van der Waals surface area contributed by atoms with E-state index in [9.17, 15) is 14.4 Å². The molecule has 0 radical (unpaired) electrons. The van der Waals surface area contributed by atoms with Crippen LogP contribution in [0.1, 0.15) is 15.9 Å². The Morgan fingerprint density at radius 1 is 0.756 bits per heavy atom. The van der Waals surface area contributed by atoms with Gasteiger partial charge in [-0.3, -0.25) is 14.4 Å². The molecule has 0 atom stereocenters. The molecule has 202 valence electrons. The zero-order valence-electron chi connectivity index (χ0n) is 21.5. The second-order valence-corrected chi connectivity index (χ2v) is 9.65. The van der Waals surface area contributed by atoms with Gasteiger partial charge in [0.05, 0.1) is 23.2 Å².